The minimum atomic E-state index is -0.611. The molecule has 2 aromatic rings. The molecule has 0 saturated carbocycles. The second-order valence-corrected chi connectivity index (χ2v) is 7.45. The monoisotopic (exact) mass is 415 g/mol. The Kier molecular flexibility index (Phi) is 7.59. The van der Waals surface area contributed by atoms with Crippen LogP contribution in [0.4, 0.5) is 0 Å². The number of ketones is 1. The topological polar surface area (TPSA) is 85.1 Å². The Bertz CT molecular complexity index is 898. The van der Waals surface area contributed by atoms with E-state index in [0.717, 1.165) is 38.4 Å². The summed E-state index contributed by atoms with van der Waals surface area (Å²) in [5.74, 6) is -1.20. The van der Waals surface area contributed by atoms with E-state index in [1.165, 1.54) is 4.90 Å². The number of morpholine rings is 1. The maximum atomic E-state index is 12.8. The van der Waals surface area contributed by atoms with Crippen LogP contribution in [0.1, 0.15) is 24.2 Å². The molecule has 8 heteroatoms. The second-order valence-electron chi connectivity index (χ2n) is 7.45. The number of Topliss-reactive ketones (excluding diaryl/α,β-unsaturated/α-hetero) is 1. The maximum absolute atomic E-state index is 12.8. The Morgan fingerprint density at radius 3 is 2.53 bits per heavy atom. The molecule has 0 atom stereocenters. The Labute approximate surface area is 176 Å². The van der Waals surface area contributed by atoms with Gasteiger partial charge in [0.15, 0.2) is 0 Å². The lowest BCUT2D eigenvalue weighted by atomic mass is 10.1. The Morgan fingerprint density at radius 2 is 1.83 bits per heavy atom. The van der Waals surface area contributed by atoms with Crippen molar-refractivity contribution in [2.75, 3.05) is 52.5 Å². The summed E-state index contributed by atoms with van der Waals surface area (Å²) in [7, 11) is 0. The van der Waals surface area contributed by atoms with Crippen molar-refractivity contribution in [2.24, 2.45) is 0 Å². The molecule has 1 saturated heterocycles. The minimum absolute atomic E-state index is 0.0160. The largest absolute Gasteiger partial charge is 0.370 e. The highest BCUT2D eigenvalue weighted by atomic mass is 16.5. The average molecular weight is 416 g/mol. The minimum Gasteiger partial charge on any atom is -0.370 e. The molecule has 0 aliphatic carbocycles. The van der Waals surface area contributed by atoms with Crippen LogP contribution in [0.15, 0.2) is 30.5 Å². The van der Waals surface area contributed by atoms with Gasteiger partial charge in [-0.15, -0.1) is 0 Å². The third-order valence-corrected chi connectivity index (χ3v) is 5.63. The van der Waals surface area contributed by atoms with Crippen molar-refractivity contribution in [3.63, 3.8) is 0 Å². The summed E-state index contributed by atoms with van der Waals surface area (Å²) in [5.41, 5.74) is 1.10. The van der Waals surface area contributed by atoms with Gasteiger partial charge in [-0.25, -0.2) is 0 Å². The number of nitrogens with zero attached hydrogens (tertiary/aromatic N) is 2. The number of likely N-dealkylation sites (N-methyl/N-ethyl adjacent to an activating group) is 1. The molecule has 8 nitrogen and oxygen atoms in total. The lowest BCUT2D eigenvalue weighted by Crippen LogP contribution is -3.14. The molecule has 2 N–H and O–H groups in total. The van der Waals surface area contributed by atoms with Crippen LogP contribution in [-0.4, -0.2) is 79.5 Å². The van der Waals surface area contributed by atoms with E-state index in [1.807, 2.05) is 38.1 Å². The van der Waals surface area contributed by atoms with Gasteiger partial charge in [0.1, 0.15) is 19.6 Å². The summed E-state index contributed by atoms with van der Waals surface area (Å²) in [6, 6.07) is 7.36. The van der Waals surface area contributed by atoms with E-state index in [0.29, 0.717) is 30.6 Å². The molecule has 2 amide bonds. The van der Waals surface area contributed by atoms with E-state index in [2.05, 4.69) is 5.32 Å². The lowest BCUT2D eigenvalue weighted by Gasteiger charge is -2.23. The molecule has 1 aliphatic heterocycles. The van der Waals surface area contributed by atoms with Gasteiger partial charge in [0, 0.05) is 30.2 Å². The third kappa shape index (κ3) is 5.06. The van der Waals surface area contributed by atoms with Crippen LogP contribution in [0.3, 0.4) is 0 Å². The molecule has 162 valence electrons. The van der Waals surface area contributed by atoms with Gasteiger partial charge in [-0.1, -0.05) is 18.2 Å². The summed E-state index contributed by atoms with van der Waals surface area (Å²) in [5, 5.41) is 3.43. The van der Waals surface area contributed by atoms with Crippen LogP contribution in [0, 0.1) is 0 Å². The summed E-state index contributed by atoms with van der Waals surface area (Å²) in [4.78, 5) is 41.0. The second kappa shape index (κ2) is 10.4. The van der Waals surface area contributed by atoms with Gasteiger partial charge >= 0.3 is 0 Å². The first-order chi connectivity index (χ1) is 14.5. The van der Waals surface area contributed by atoms with E-state index < -0.39 is 11.7 Å². The number of nitrogens with one attached hydrogen (secondary N) is 2. The zero-order chi connectivity index (χ0) is 21.5. The molecule has 1 fully saturated rings. The van der Waals surface area contributed by atoms with Crippen LogP contribution < -0.4 is 10.2 Å². The summed E-state index contributed by atoms with van der Waals surface area (Å²) < 4.78 is 7.09. The quantitative estimate of drug-likeness (QED) is 0.436. The predicted molar refractivity (Wildman–Crippen MR) is 114 cm³/mol. The fourth-order valence-electron chi connectivity index (χ4n) is 3.85. The number of quaternary nitrogens is 1. The van der Waals surface area contributed by atoms with Crippen LogP contribution in [0.5, 0.6) is 0 Å². The summed E-state index contributed by atoms with van der Waals surface area (Å²) in [6.07, 6.45) is 1.63. The first-order valence-electron chi connectivity index (χ1n) is 10.6. The maximum Gasteiger partial charge on any atom is 0.292 e. The number of fused-ring (bicyclic) bond motifs is 1. The number of benzene rings is 1. The van der Waals surface area contributed by atoms with Gasteiger partial charge in [0.05, 0.1) is 31.9 Å². The number of aromatic nitrogens is 1. The molecule has 1 aromatic heterocycles. The van der Waals surface area contributed by atoms with E-state index in [-0.39, 0.29) is 12.5 Å². The molecular formula is C22H31N4O4+. The number of amides is 2. The number of ether oxygens (including phenoxy) is 1. The number of rotatable bonds is 9. The first-order valence-corrected chi connectivity index (χ1v) is 10.6. The molecule has 2 heterocycles. The predicted octanol–water partition coefficient (Wildman–Crippen LogP) is -0.276. The first kappa shape index (κ1) is 22.0. The number of hydrogen-bond acceptors (Lipinski definition) is 4. The van der Waals surface area contributed by atoms with Crippen LogP contribution >= 0.6 is 0 Å². The normalized spacial score (nSPS) is 14.6. The highest BCUT2D eigenvalue weighted by Gasteiger charge is 2.23. The van der Waals surface area contributed by atoms with E-state index in [9.17, 15) is 14.4 Å². The van der Waals surface area contributed by atoms with Crippen LogP contribution in [-0.2, 0) is 20.9 Å². The van der Waals surface area contributed by atoms with Gasteiger partial charge in [-0.05, 0) is 19.9 Å². The van der Waals surface area contributed by atoms with Gasteiger partial charge in [0.2, 0.25) is 5.91 Å². The number of carbonyl (C=O) groups is 3. The van der Waals surface area contributed by atoms with Gasteiger partial charge in [0.25, 0.3) is 11.7 Å². The van der Waals surface area contributed by atoms with Gasteiger partial charge < -0.3 is 24.4 Å². The fourth-order valence-corrected chi connectivity index (χ4v) is 3.85. The van der Waals surface area contributed by atoms with Crippen molar-refractivity contribution >= 4 is 28.5 Å². The number of carbonyl (C=O) groups excluding carboxylic acids is 3. The molecule has 0 unspecified atom stereocenters. The highest BCUT2D eigenvalue weighted by Crippen LogP contribution is 2.22. The SMILES string of the molecule is CCN(CC)C(=O)Cn1cc(C(=O)C(=O)NCC[NH+]2CCOCC2)c2ccccc21. The van der Waals surface area contributed by atoms with Gasteiger partial charge in [-0.3, -0.25) is 14.4 Å². The number of hydrogen-bond donors (Lipinski definition) is 2. The van der Waals surface area contributed by atoms with E-state index in [1.54, 1.807) is 15.7 Å². The Hall–Kier alpha value is -2.71. The van der Waals surface area contributed by atoms with Crippen molar-refractivity contribution in [1.82, 2.24) is 14.8 Å². The average Bonchev–Trinajstić information content (AvgIpc) is 3.13. The standard InChI is InChI=1S/C22H30N4O4/c1-3-25(4-2)20(27)16-26-15-18(17-7-5-6-8-19(17)26)21(28)22(29)23-9-10-24-11-13-30-14-12-24/h5-8,15H,3-4,9-14,16H2,1-2H3,(H,23,29)/p+1. The van der Waals surface area contributed by atoms with E-state index >= 15 is 0 Å². The van der Waals surface area contributed by atoms with E-state index in [4.69, 9.17) is 4.74 Å². The molecular weight excluding hydrogens is 384 g/mol. The molecule has 3 rings (SSSR count). The smallest absolute Gasteiger partial charge is 0.292 e. The Morgan fingerprint density at radius 1 is 1.13 bits per heavy atom. The summed E-state index contributed by atoms with van der Waals surface area (Å²) in [6.45, 7) is 9.78. The lowest BCUT2D eigenvalue weighted by molar-refractivity contribution is -0.906. The zero-order valence-corrected chi connectivity index (χ0v) is 17.8. The van der Waals surface area contributed by atoms with Crippen molar-refractivity contribution < 1.29 is 24.0 Å². The van der Waals surface area contributed by atoms with Crippen LogP contribution in [0.25, 0.3) is 10.9 Å². The van der Waals surface area contributed by atoms with Crippen LogP contribution in [0.2, 0.25) is 0 Å². The van der Waals surface area contributed by atoms with Crippen molar-refractivity contribution in [2.45, 2.75) is 20.4 Å². The molecule has 0 spiro atoms. The third-order valence-electron chi connectivity index (χ3n) is 5.63. The summed E-state index contributed by atoms with van der Waals surface area (Å²) >= 11 is 0. The molecule has 30 heavy (non-hydrogen) atoms. The highest BCUT2D eigenvalue weighted by molar-refractivity contribution is 6.45. The van der Waals surface area contributed by atoms with Gasteiger partial charge in [-0.2, -0.15) is 0 Å². The molecule has 0 bridgehead atoms. The molecule has 1 aromatic carbocycles. The van der Waals surface area contributed by atoms with Crippen molar-refractivity contribution in [3.8, 4) is 0 Å². The number of para-hydroxylation sites is 1. The fraction of sp³-hybridized carbons (Fsp3) is 0.500. The van der Waals surface area contributed by atoms with Crippen molar-refractivity contribution in [3.05, 3.63) is 36.0 Å². The van der Waals surface area contributed by atoms with Crippen molar-refractivity contribution in [1.29, 1.82) is 0 Å². The molecule has 1 aliphatic rings. The Balaban J connectivity index is 1.70. The molecule has 0 radical (unpaired) electrons. The zero-order valence-electron chi connectivity index (χ0n) is 17.8.